The van der Waals surface area contributed by atoms with Gasteiger partial charge in [-0.25, -0.2) is 9.59 Å². The van der Waals surface area contributed by atoms with Crippen molar-refractivity contribution >= 4 is 18.0 Å². The standard InChI is InChI=1S/C11H12N4O6/c1-21-10(18)9-8-5(2-12-14(8)4-7(16)17)6-3-13(9)11(19)15(6)20/h2,6,9,20H,3-4H2,1H3,(H,16,17). The normalized spacial score (nSPS) is 23.2. The van der Waals surface area contributed by atoms with Gasteiger partial charge in [-0.2, -0.15) is 10.2 Å². The van der Waals surface area contributed by atoms with Crippen LogP contribution in [0, 0.1) is 0 Å². The fraction of sp³-hybridized carbons (Fsp3) is 0.455. The van der Waals surface area contributed by atoms with Crippen LogP contribution < -0.4 is 0 Å². The fourth-order valence-corrected chi connectivity index (χ4v) is 2.77. The number of fused-ring (bicyclic) bond motifs is 4. The fourth-order valence-electron chi connectivity index (χ4n) is 2.77. The summed E-state index contributed by atoms with van der Waals surface area (Å²) in [4.78, 5) is 36.0. The van der Waals surface area contributed by atoms with Crippen LogP contribution in [0.3, 0.4) is 0 Å². The van der Waals surface area contributed by atoms with Crippen molar-refractivity contribution in [1.82, 2.24) is 19.7 Å². The van der Waals surface area contributed by atoms with Crippen molar-refractivity contribution in [3.8, 4) is 0 Å². The highest BCUT2D eigenvalue weighted by atomic mass is 16.5. The first-order valence-electron chi connectivity index (χ1n) is 6.09. The summed E-state index contributed by atoms with van der Waals surface area (Å²) in [6.07, 6.45) is 1.36. The first-order valence-corrected chi connectivity index (χ1v) is 6.09. The molecule has 21 heavy (non-hydrogen) atoms. The lowest BCUT2D eigenvalue weighted by molar-refractivity contribution is -0.147. The van der Waals surface area contributed by atoms with Crippen LogP contribution in [-0.4, -0.2) is 61.7 Å². The summed E-state index contributed by atoms with van der Waals surface area (Å²) in [5.41, 5.74) is 0.696. The number of hydrogen-bond acceptors (Lipinski definition) is 6. The molecule has 2 aliphatic rings. The quantitative estimate of drug-likeness (QED) is 0.561. The molecule has 10 heteroatoms. The van der Waals surface area contributed by atoms with Crippen molar-refractivity contribution in [3.05, 3.63) is 17.5 Å². The van der Waals surface area contributed by atoms with Crippen LogP contribution in [0.5, 0.6) is 0 Å². The number of hydrogen-bond donors (Lipinski definition) is 2. The number of amides is 2. The highest BCUT2D eigenvalue weighted by molar-refractivity contribution is 5.87. The smallest absolute Gasteiger partial charge is 0.345 e. The minimum Gasteiger partial charge on any atom is -0.480 e. The summed E-state index contributed by atoms with van der Waals surface area (Å²) in [6.45, 7) is -0.343. The van der Waals surface area contributed by atoms with Gasteiger partial charge in [-0.05, 0) is 0 Å². The van der Waals surface area contributed by atoms with Gasteiger partial charge in [0.1, 0.15) is 12.6 Å². The van der Waals surface area contributed by atoms with Gasteiger partial charge in [0.05, 0.1) is 25.5 Å². The summed E-state index contributed by atoms with van der Waals surface area (Å²) >= 11 is 0. The predicted octanol–water partition coefficient (Wildman–Crippen LogP) is -0.637. The molecule has 0 aliphatic carbocycles. The van der Waals surface area contributed by atoms with Gasteiger partial charge < -0.3 is 14.7 Å². The molecule has 112 valence electrons. The van der Waals surface area contributed by atoms with E-state index in [0.29, 0.717) is 10.6 Å². The molecule has 1 aromatic rings. The van der Waals surface area contributed by atoms with E-state index in [-0.39, 0.29) is 12.2 Å². The molecular formula is C11H12N4O6. The van der Waals surface area contributed by atoms with Crippen LogP contribution in [0.1, 0.15) is 23.3 Å². The van der Waals surface area contributed by atoms with E-state index in [2.05, 4.69) is 9.84 Å². The zero-order valence-electron chi connectivity index (χ0n) is 11.0. The molecule has 2 aliphatic heterocycles. The third-order valence-corrected chi connectivity index (χ3v) is 3.66. The third kappa shape index (κ3) is 1.76. The molecule has 10 nitrogen and oxygen atoms in total. The van der Waals surface area contributed by atoms with Crippen molar-refractivity contribution in [3.63, 3.8) is 0 Å². The number of carboxylic acids is 1. The molecule has 2 bridgehead atoms. The van der Waals surface area contributed by atoms with Crippen molar-refractivity contribution in [1.29, 1.82) is 0 Å². The molecule has 3 heterocycles. The average Bonchev–Trinajstić information content (AvgIpc) is 2.95. The molecule has 2 unspecified atom stereocenters. The Labute approximate surface area is 118 Å². The lowest BCUT2D eigenvalue weighted by Crippen LogP contribution is -2.40. The second-order valence-electron chi connectivity index (χ2n) is 4.76. The minimum absolute atomic E-state index is 0.112. The largest absolute Gasteiger partial charge is 0.480 e. The van der Waals surface area contributed by atoms with Gasteiger partial charge in [0.15, 0.2) is 6.04 Å². The highest BCUT2D eigenvalue weighted by Crippen LogP contribution is 2.43. The number of hydroxylamine groups is 2. The Morgan fingerprint density at radius 2 is 2.24 bits per heavy atom. The number of urea groups is 1. The topological polar surface area (TPSA) is 125 Å². The number of rotatable bonds is 3. The monoisotopic (exact) mass is 296 g/mol. The number of carbonyl (C=O) groups excluding carboxylic acids is 2. The van der Waals surface area contributed by atoms with E-state index in [4.69, 9.17) is 5.11 Å². The van der Waals surface area contributed by atoms with Crippen molar-refractivity contribution < 1.29 is 29.4 Å². The van der Waals surface area contributed by atoms with E-state index in [0.717, 1.165) is 9.58 Å². The van der Waals surface area contributed by atoms with Crippen LogP contribution in [0.2, 0.25) is 0 Å². The number of aromatic nitrogens is 2. The Balaban J connectivity index is 2.14. The second-order valence-corrected chi connectivity index (χ2v) is 4.76. The van der Waals surface area contributed by atoms with Crippen LogP contribution >= 0.6 is 0 Å². The van der Waals surface area contributed by atoms with E-state index in [1.807, 2.05) is 0 Å². The Hall–Kier alpha value is -2.62. The Kier molecular flexibility index (Phi) is 2.83. The lowest BCUT2D eigenvalue weighted by atomic mass is 9.98. The zero-order chi connectivity index (χ0) is 15.3. The molecule has 2 atom stereocenters. The summed E-state index contributed by atoms with van der Waals surface area (Å²) < 4.78 is 5.82. The molecule has 0 saturated carbocycles. The van der Waals surface area contributed by atoms with E-state index in [1.54, 1.807) is 0 Å². The molecule has 1 aromatic heterocycles. The molecule has 2 N–H and O–H groups in total. The molecule has 0 spiro atoms. The van der Waals surface area contributed by atoms with Crippen molar-refractivity contribution in [2.24, 2.45) is 0 Å². The van der Waals surface area contributed by atoms with Crippen LogP contribution in [-0.2, 0) is 20.9 Å². The number of nitrogens with zero attached hydrogens (tertiary/aromatic N) is 4. The maximum Gasteiger partial charge on any atom is 0.345 e. The van der Waals surface area contributed by atoms with E-state index >= 15 is 0 Å². The van der Waals surface area contributed by atoms with E-state index in [1.165, 1.54) is 13.3 Å². The van der Waals surface area contributed by atoms with Crippen molar-refractivity contribution in [2.45, 2.75) is 18.6 Å². The van der Waals surface area contributed by atoms with E-state index in [9.17, 15) is 19.6 Å². The Morgan fingerprint density at radius 1 is 1.52 bits per heavy atom. The van der Waals surface area contributed by atoms with Gasteiger partial charge in [-0.15, -0.1) is 0 Å². The molecular weight excluding hydrogens is 284 g/mol. The first kappa shape index (κ1) is 13.4. The number of carboxylic acid groups (broad SMARTS) is 1. The van der Waals surface area contributed by atoms with E-state index < -0.39 is 36.6 Å². The highest BCUT2D eigenvalue weighted by Gasteiger charge is 2.52. The van der Waals surface area contributed by atoms with Crippen LogP contribution in [0.25, 0.3) is 0 Å². The molecule has 1 fully saturated rings. The molecule has 3 rings (SSSR count). The maximum atomic E-state index is 12.0. The first-order chi connectivity index (χ1) is 9.95. The molecule has 0 aromatic carbocycles. The van der Waals surface area contributed by atoms with Gasteiger partial charge in [0, 0.05) is 5.56 Å². The third-order valence-electron chi connectivity index (χ3n) is 3.66. The Bertz CT molecular complexity index is 641. The summed E-state index contributed by atoms with van der Waals surface area (Å²) in [6, 6.07) is -2.52. The number of ether oxygens (including phenoxy) is 1. The number of carbonyl (C=O) groups is 3. The van der Waals surface area contributed by atoms with Gasteiger partial charge in [0.25, 0.3) is 0 Å². The molecule has 2 amide bonds. The number of methoxy groups -OCH3 is 1. The Morgan fingerprint density at radius 3 is 2.86 bits per heavy atom. The number of aliphatic carboxylic acids is 1. The van der Waals surface area contributed by atoms with Gasteiger partial charge in [-0.1, -0.05) is 0 Å². The van der Waals surface area contributed by atoms with Gasteiger partial charge in [0.2, 0.25) is 0 Å². The number of esters is 1. The zero-order valence-corrected chi connectivity index (χ0v) is 11.0. The predicted molar refractivity (Wildman–Crippen MR) is 63.1 cm³/mol. The summed E-state index contributed by atoms with van der Waals surface area (Å²) in [5.74, 6) is -1.85. The summed E-state index contributed by atoms with van der Waals surface area (Å²) in [5, 5.41) is 23.2. The van der Waals surface area contributed by atoms with Crippen LogP contribution in [0.15, 0.2) is 6.20 Å². The summed E-state index contributed by atoms with van der Waals surface area (Å²) in [7, 11) is 1.17. The van der Waals surface area contributed by atoms with Crippen LogP contribution in [0.4, 0.5) is 4.79 Å². The van der Waals surface area contributed by atoms with Gasteiger partial charge in [-0.3, -0.25) is 14.7 Å². The molecule has 0 radical (unpaired) electrons. The minimum atomic E-state index is -1.13. The lowest BCUT2D eigenvalue weighted by Gasteiger charge is -2.29. The second kappa shape index (κ2) is 4.45. The average molecular weight is 296 g/mol. The maximum absolute atomic E-state index is 12.0. The SMILES string of the molecule is COC(=O)C1c2c(cnn2CC(=O)O)C2CN1C(=O)N2O. The molecule has 1 saturated heterocycles. The van der Waals surface area contributed by atoms with Crippen molar-refractivity contribution in [2.75, 3.05) is 13.7 Å². The van der Waals surface area contributed by atoms with Gasteiger partial charge >= 0.3 is 18.0 Å².